The van der Waals surface area contributed by atoms with Crippen molar-refractivity contribution in [3.05, 3.63) is 49.9 Å². The van der Waals surface area contributed by atoms with Gasteiger partial charge in [0.25, 0.3) is 17.3 Å². The van der Waals surface area contributed by atoms with Gasteiger partial charge in [-0.25, -0.2) is 0 Å². The lowest BCUT2D eigenvalue weighted by molar-refractivity contribution is -0.124. The van der Waals surface area contributed by atoms with Gasteiger partial charge in [-0.15, -0.1) is 11.8 Å². The van der Waals surface area contributed by atoms with E-state index in [2.05, 4.69) is 15.2 Å². The zero-order valence-electron chi connectivity index (χ0n) is 25.4. The van der Waals surface area contributed by atoms with Gasteiger partial charge in [0.1, 0.15) is 0 Å². The van der Waals surface area contributed by atoms with E-state index in [1.54, 1.807) is 26.2 Å². The van der Waals surface area contributed by atoms with Crippen molar-refractivity contribution in [1.29, 1.82) is 0 Å². The minimum Gasteiger partial charge on any atom is -0.448 e. The fourth-order valence-electron chi connectivity index (χ4n) is 6.86. The van der Waals surface area contributed by atoms with Crippen LogP contribution in [0, 0.1) is 31.6 Å². The maximum atomic E-state index is 13.4. The van der Waals surface area contributed by atoms with Crippen LogP contribution in [0.4, 0.5) is 0 Å². The fraction of sp³-hybridized carbons (Fsp3) is 0.600. The summed E-state index contributed by atoms with van der Waals surface area (Å²) in [5.74, 6) is 0.706. The van der Waals surface area contributed by atoms with Gasteiger partial charge in [-0.1, -0.05) is 11.6 Å². The molecule has 216 valence electrons. The number of ether oxygens (including phenoxy) is 3. The topological polar surface area (TPSA) is 92.9 Å². The van der Waals surface area contributed by atoms with E-state index in [1.807, 2.05) is 6.92 Å². The number of fused-ring (bicyclic) bond motifs is 2. The molecule has 2 saturated heterocycles. The molecule has 1 aromatic carbocycles. The summed E-state index contributed by atoms with van der Waals surface area (Å²) < 4.78 is 35.7. The van der Waals surface area contributed by atoms with Gasteiger partial charge in [0.2, 0.25) is 0 Å². The highest BCUT2D eigenvalue weighted by Crippen LogP contribution is 2.52. The average molecular weight is 590 g/mol. The number of aryl methyl sites for hydroxylation is 1. The maximum absolute atomic E-state index is 13.4. The third kappa shape index (κ3) is 5.03. The lowest BCUT2D eigenvalue weighted by Crippen LogP contribution is -2.47. The second-order valence-corrected chi connectivity index (χ2v) is 13.0. The van der Waals surface area contributed by atoms with Crippen molar-refractivity contribution in [1.82, 2.24) is 15.2 Å². The molecule has 0 spiro atoms. The maximum Gasteiger partial charge on any atom is 0.254 e. The Labute approximate surface area is 247 Å². The number of aromatic nitrogens is 1. The summed E-state index contributed by atoms with van der Waals surface area (Å²) in [4.78, 5) is 31.9. The van der Waals surface area contributed by atoms with Crippen LogP contribution in [0.3, 0.4) is 0 Å². The molecule has 1 aliphatic carbocycles. The second kappa shape index (κ2) is 10.9. The molecule has 10 heteroatoms. The van der Waals surface area contributed by atoms with Gasteiger partial charge < -0.3 is 24.5 Å². The van der Waals surface area contributed by atoms with E-state index in [1.165, 1.54) is 17.8 Å². The molecule has 1 aromatic heterocycles. The molecular formula is C30H38ClN3O5S. The Morgan fingerprint density at radius 1 is 1.18 bits per heavy atom. The summed E-state index contributed by atoms with van der Waals surface area (Å²) in [6, 6.07) is 3.74. The Balaban J connectivity index is 1.17. The van der Waals surface area contributed by atoms with Crippen molar-refractivity contribution in [3.63, 3.8) is 0 Å². The van der Waals surface area contributed by atoms with E-state index in [9.17, 15) is 9.59 Å². The molecular weight excluding hydrogens is 550 g/mol. The molecule has 8 nitrogen and oxygen atoms in total. The number of H-pyrrole nitrogens is 1. The van der Waals surface area contributed by atoms with Gasteiger partial charge in [0.15, 0.2) is 11.5 Å². The van der Waals surface area contributed by atoms with E-state index >= 15 is 0 Å². The largest absolute Gasteiger partial charge is 0.448 e. The summed E-state index contributed by atoms with van der Waals surface area (Å²) in [7, 11) is 0. The molecule has 4 heterocycles. The number of halogens is 1. The van der Waals surface area contributed by atoms with Gasteiger partial charge in [-0.2, -0.15) is 0 Å². The number of amides is 1. The standard InChI is InChI=1S/C30H38ClN3O5S/c1-16-9-25(40-4)23(29(36)33-16)11-32-28(35)22-10-24(31)27-26(17(22)2)38-30(3,39-27)20-5-7-21(8-6-20)34-12-18-14-37-15-19(18)13-34/h9-10,18-21H,5-8,11-15H2,1-4H3,(H,32,35)(H,33,36)/i11D2. The van der Waals surface area contributed by atoms with E-state index in [0.717, 1.165) is 52.0 Å². The van der Waals surface area contributed by atoms with Gasteiger partial charge >= 0.3 is 0 Å². The van der Waals surface area contributed by atoms with Gasteiger partial charge in [-0.05, 0) is 57.9 Å². The first-order valence-corrected chi connectivity index (χ1v) is 15.6. The normalized spacial score (nSPS) is 30.6. The van der Waals surface area contributed by atoms with Gasteiger partial charge in [-0.3, -0.25) is 14.5 Å². The van der Waals surface area contributed by atoms with E-state index in [4.69, 9.17) is 28.6 Å². The monoisotopic (exact) mass is 589 g/mol. The number of pyridine rings is 1. The Morgan fingerprint density at radius 3 is 2.52 bits per heavy atom. The number of likely N-dealkylation sites (tertiary alicyclic amines) is 1. The predicted molar refractivity (Wildman–Crippen MR) is 156 cm³/mol. The lowest BCUT2D eigenvalue weighted by Gasteiger charge is -2.40. The van der Waals surface area contributed by atoms with Crippen LogP contribution in [0.2, 0.25) is 5.02 Å². The summed E-state index contributed by atoms with van der Waals surface area (Å²) in [5.41, 5.74) is 0.550. The average Bonchev–Trinajstić information content (AvgIpc) is 3.64. The lowest BCUT2D eigenvalue weighted by atomic mass is 9.81. The molecule has 2 N–H and O–H groups in total. The van der Waals surface area contributed by atoms with E-state index < -0.39 is 23.8 Å². The summed E-state index contributed by atoms with van der Waals surface area (Å²) >= 11 is 7.88. The fourth-order valence-corrected chi connectivity index (χ4v) is 7.74. The van der Waals surface area contributed by atoms with Crippen molar-refractivity contribution < 1.29 is 21.7 Å². The van der Waals surface area contributed by atoms with Crippen LogP contribution < -0.4 is 20.3 Å². The van der Waals surface area contributed by atoms with Crippen LogP contribution in [0.25, 0.3) is 0 Å². The molecule has 40 heavy (non-hydrogen) atoms. The number of rotatable bonds is 6. The molecule has 1 amide bonds. The minimum absolute atomic E-state index is 0.146. The smallest absolute Gasteiger partial charge is 0.254 e. The quantitative estimate of drug-likeness (QED) is 0.462. The Hall–Kier alpha value is -2.20. The molecule has 3 aliphatic heterocycles. The number of hydrogen-bond donors (Lipinski definition) is 2. The van der Waals surface area contributed by atoms with Crippen LogP contribution in [-0.4, -0.2) is 60.2 Å². The van der Waals surface area contributed by atoms with Crippen LogP contribution in [0.5, 0.6) is 11.5 Å². The van der Waals surface area contributed by atoms with Crippen molar-refractivity contribution >= 4 is 29.3 Å². The molecule has 4 aliphatic rings. The van der Waals surface area contributed by atoms with Crippen LogP contribution >= 0.6 is 23.4 Å². The molecule has 0 radical (unpaired) electrons. The van der Waals surface area contributed by atoms with Gasteiger partial charge in [0.05, 0.1) is 21.0 Å². The third-order valence-corrected chi connectivity index (χ3v) is 10.2. The highest BCUT2D eigenvalue weighted by atomic mass is 35.5. The molecule has 0 bridgehead atoms. The number of carbonyl (C=O) groups is 1. The predicted octanol–water partition coefficient (Wildman–Crippen LogP) is 4.92. The highest BCUT2D eigenvalue weighted by Gasteiger charge is 2.49. The number of nitrogens with zero attached hydrogens (tertiary/aromatic N) is 1. The summed E-state index contributed by atoms with van der Waals surface area (Å²) in [6.07, 6.45) is 5.84. The number of nitrogens with one attached hydrogen (secondary N) is 2. The number of hydrogen-bond acceptors (Lipinski definition) is 7. The molecule has 3 unspecified atom stereocenters. The molecule has 3 atom stereocenters. The van der Waals surface area contributed by atoms with E-state index in [0.29, 0.717) is 45.5 Å². The second-order valence-electron chi connectivity index (χ2n) is 11.7. The molecule has 1 saturated carbocycles. The number of benzene rings is 1. The van der Waals surface area contributed by atoms with Crippen molar-refractivity contribution in [2.75, 3.05) is 32.6 Å². The Morgan fingerprint density at radius 2 is 1.85 bits per heavy atom. The number of aromatic amines is 1. The van der Waals surface area contributed by atoms with E-state index in [-0.39, 0.29) is 22.1 Å². The molecule has 3 fully saturated rings. The SMILES string of the molecule is [2H]C([2H])(NC(=O)c1cc(Cl)c2c(c1C)OC(C)(C1CCC(N3CC4COCC4C3)CC1)O2)c1c(SC)cc(C)[nH]c1=O. The molecule has 6 rings (SSSR count). The van der Waals surface area contributed by atoms with Crippen LogP contribution in [0.15, 0.2) is 21.8 Å². The zero-order valence-corrected chi connectivity index (χ0v) is 25.0. The molecule has 2 aromatic rings. The highest BCUT2D eigenvalue weighted by molar-refractivity contribution is 7.98. The first-order chi connectivity index (χ1) is 19.9. The van der Waals surface area contributed by atoms with Crippen molar-refractivity contribution in [2.45, 2.75) is 69.7 Å². The first-order valence-electron chi connectivity index (χ1n) is 15.0. The third-order valence-electron chi connectivity index (χ3n) is 9.17. The van der Waals surface area contributed by atoms with Crippen molar-refractivity contribution in [3.8, 4) is 11.5 Å². The minimum atomic E-state index is -2.43. The Bertz CT molecular complexity index is 1450. The number of carbonyl (C=O) groups excluding carboxylic acids is 1. The van der Waals surface area contributed by atoms with Crippen LogP contribution in [0.1, 0.15) is 62.5 Å². The Kier molecular flexibility index (Phi) is 6.95. The summed E-state index contributed by atoms with van der Waals surface area (Å²) in [6.45, 7) is 7.02. The van der Waals surface area contributed by atoms with Gasteiger partial charge in [0, 0.05) is 77.6 Å². The number of thioether (sulfide) groups is 1. The summed E-state index contributed by atoms with van der Waals surface area (Å²) in [5, 5.41) is 2.63. The van der Waals surface area contributed by atoms with Crippen molar-refractivity contribution in [2.24, 2.45) is 17.8 Å². The first kappa shape index (κ1) is 25.5. The van der Waals surface area contributed by atoms with Crippen LogP contribution in [-0.2, 0) is 11.2 Å². The zero-order chi connectivity index (χ0) is 30.0.